The number of nitriles is 1. The minimum absolute atomic E-state index is 0.226. The number of halogens is 4. The molecule has 2 amide bonds. The zero-order valence-electron chi connectivity index (χ0n) is 39.5. The van der Waals surface area contributed by atoms with E-state index in [1.54, 1.807) is 16.2 Å². The summed E-state index contributed by atoms with van der Waals surface area (Å²) >= 11 is 6.47. The molecule has 1 aliphatic carbocycles. The van der Waals surface area contributed by atoms with Crippen LogP contribution in [0, 0.1) is 22.7 Å². The fraction of sp³-hybridized carbons (Fsp3) is 0.471. The van der Waals surface area contributed by atoms with Crippen molar-refractivity contribution in [2.24, 2.45) is 18.4 Å². The number of benzene rings is 3. The van der Waals surface area contributed by atoms with E-state index in [-0.39, 0.29) is 18.0 Å². The fourth-order valence-electron chi connectivity index (χ4n) is 10.7. The molecule has 2 N–H and O–H groups in total. The average molecular weight is 986 g/mol. The van der Waals surface area contributed by atoms with Gasteiger partial charge in [-0.1, -0.05) is 43.6 Å². The Morgan fingerprint density at radius 2 is 1.64 bits per heavy atom. The summed E-state index contributed by atoms with van der Waals surface area (Å²) in [6.45, 7) is 9.77. The van der Waals surface area contributed by atoms with E-state index in [1.165, 1.54) is 25.5 Å². The topological polar surface area (TPSA) is 185 Å². The van der Waals surface area contributed by atoms with Crippen molar-refractivity contribution in [3.63, 3.8) is 0 Å². The molecule has 9 rings (SSSR count). The van der Waals surface area contributed by atoms with Crippen LogP contribution in [-0.4, -0.2) is 92.9 Å². The number of aromatic nitrogens is 4. The second-order valence-electron chi connectivity index (χ2n) is 19.5. The molecule has 3 aromatic carbocycles. The van der Waals surface area contributed by atoms with Crippen molar-refractivity contribution in [2.45, 2.75) is 95.4 Å². The molecule has 1 unspecified atom stereocenters. The van der Waals surface area contributed by atoms with Crippen LogP contribution >= 0.6 is 11.6 Å². The van der Waals surface area contributed by atoms with Crippen LogP contribution in [0.3, 0.4) is 0 Å². The molecular weight excluding hydrogens is 929 g/mol. The van der Waals surface area contributed by atoms with E-state index in [0.29, 0.717) is 40.7 Å². The van der Waals surface area contributed by atoms with Crippen molar-refractivity contribution in [3.05, 3.63) is 110 Å². The number of hydrogen-bond acceptors (Lipinski definition) is 11. The Kier molecular flexibility index (Phi) is 14.4. The van der Waals surface area contributed by atoms with Crippen LogP contribution in [0.1, 0.15) is 105 Å². The molecule has 5 aromatic rings. The van der Waals surface area contributed by atoms with E-state index < -0.39 is 29.5 Å². The van der Waals surface area contributed by atoms with Crippen molar-refractivity contribution in [1.29, 1.82) is 5.26 Å². The third kappa shape index (κ3) is 10.5. The number of aliphatic carboxylic acids is 1. The molecule has 3 saturated heterocycles. The number of amides is 2. The maximum absolute atomic E-state index is 13.3. The van der Waals surface area contributed by atoms with Crippen molar-refractivity contribution in [1.82, 2.24) is 29.3 Å². The first-order valence-electron chi connectivity index (χ1n) is 23.4. The predicted molar refractivity (Wildman–Crippen MR) is 255 cm³/mol. The Bertz CT molecular complexity index is 2870. The third-order valence-electron chi connectivity index (χ3n) is 14.8. The molecule has 0 bridgehead atoms. The van der Waals surface area contributed by atoms with E-state index in [1.807, 2.05) is 54.7 Å². The number of methoxy groups -OCH3 is 1. The number of hydrogen-bond donors (Lipinski definition) is 2. The van der Waals surface area contributed by atoms with Gasteiger partial charge in [0.15, 0.2) is 5.75 Å². The number of rotatable bonds is 11. The SMILES string of the molecule is COc1c(Cl)cc(C(C)(C)c2ccc(OCc3ccnc(N4CCC5(CC4)CC(CN4CCC(c6ccc7c(c6)n(C)c(=O)n7C6CCC(=O)NC6=O)CC4)C5)n3)cc2)cc1C#N.O=C(O)C(F)(F)F. The zero-order valence-corrected chi connectivity index (χ0v) is 40.3. The van der Waals surface area contributed by atoms with Gasteiger partial charge in [-0.05, 0) is 134 Å². The number of carbonyl (C=O) groups excluding carboxylic acids is 2. The Morgan fingerprint density at radius 3 is 2.27 bits per heavy atom. The molecule has 1 spiro atoms. The average Bonchev–Trinajstić information content (AvgIpc) is 3.58. The molecule has 70 heavy (non-hydrogen) atoms. The van der Waals surface area contributed by atoms with Crippen LogP contribution < -0.4 is 25.4 Å². The van der Waals surface area contributed by atoms with Crippen LogP contribution in [0.5, 0.6) is 11.5 Å². The summed E-state index contributed by atoms with van der Waals surface area (Å²) in [5.41, 5.74) is 5.84. The second kappa shape index (κ2) is 20.1. The lowest BCUT2D eigenvalue weighted by Crippen LogP contribution is -2.50. The van der Waals surface area contributed by atoms with Crippen molar-refractivity contribution < 1.29 is 42.1 Å². The molecular formula is C51H56ClF3N8O7. The van der Waals surface area contributed by atoms with Crippen LogP contribution in [-0.2, 0) is 33.5 Å². The third-order valence-corrected chi connectivity index (χ3v) is 15.0. The number of imide groups is 1. The molecule has 370 valence electrons. The van der Waals surface area contributed by atoms with Gasteiger partial charge in [0.05, 0.1) is 34.4 Å². The highest BCUT2D eigenvalue weighted by Crippen LogP contribution is 2.53. The van der Waals surface area contributed by atoms with Gasteiger partial charge in [0.1, 0.15) is 24.5 Å². The molecule has 5 heterocycles. The summed E-state index contributed by atoms with van der Waals surface area (Å²) in [4.78, 5) is 61.0. The maximum Gasteiger partial charge on any atom is 0.490 e. The highest BCUT2D eigenvalue weighted by Gasteiger charge is 2.46. The molecule has 3 aliphatic heterocycles. The maximum atomic E-state index is 13.3. The minimum Gasteiger partial charge on any atom is -0.494 e. The number of nitrogens with zero attached hydrogens (tertiary/aromatic N) is 7. The Hall–Kier alpha value is -6.45. The van der Waals surface area contributed by atoms with Crippen LogP contribution in [0.4, 0.5) is 19.1 Å². The lowest BCUT2D eigenvalue weighted by Gasteiger charge is -2.53. The molecule has 15 nitrogen and oxygen atoms in total. The number of carboxylic acid groups (broad SMARTS) is 1. The summed E-state index contributed by atoms with van der Waals surface area (Å²) < 4.78 is 46.4. The first-order valence-corrected chi connectivity index (χ1v) is 23.8. The highest BCUT2D eigenvalue weighted by molar-refractivity contribution is 6.32. The van der Waals surface area contributed by atoms with Gasteiger partial charge >= 0.3 is 17.8 Å². The number of piperidine rings is 3. The Balaban J connectivity index is 0.000000876. The number of carboxylic acids is 1. The summed E-state index contributed by atoms with van der Waals surface area (Å²) in [5.74, 6) is -0.376. The highest BCUT2D eigenvalue weighted by atomic mass is 35.5. The fourth-order valence-corrected chi connectivity index (χ4v) is 11.0. The second-order valence-corrected chi connectivity index (χ2v) is 19.9. The molecule has 19 heteroatoms. The zero-order chi connectivity index (χ0) is 50.1. The number of imidazole rings is 1. The lowest BCUT2D eigenvalue weighted by atomic mass is 9.57. The molecule has 4 aliphatic rings. The van der Waals surface area contributed by atoms with Crippen LogP contribution in [0.2, 0.25) is 5.02 Å². The number of nitrogens with one attached hydrogen (secondary N) is 1. The number of carbonyl (C=O) groups is 3. The minimum atomic E-state index is -5.08. The summed E-state index contributed by atoms with van der Waals surface area (Å²) in [6, 6.07) is 21.4. The standard InChI is InChI=1S/C49H55ClN8O5.C2HF3O2/c1-48(2,36-23-34(28-51)44(62-4)39(50)25-36)35-6-8-38(9-7-35)63-30-37-13-18-52-46(53-37)57-21-16-49(17-22-57)26-31(27-49)29-56-19-14-32(15-20-56)33-5-10-40-42(24-33)55(3)47(61)58(40)41-11-12-43(59)54-45(41)60;3-2(4,5)1(6)7/h5-10,13,18,23-25,31-32,41H,11-12,14-17,19-22,26-27,29-30H2,1-4H3,(H,54,59,60);(H,6,7). The van der Waals surface area contributed by atoms with Gasteiger partial charge in [-0.3, -0.25) is 24.0 Å². The van der Waals surface area contributed by atoms with Crippen molar-refractivity contribution in [3.8, 4) is 17.6 Å². The largest absolute Gasteiger partial charge is 0.494 e. The van der Waals surface area contributed by atoms with Gasteiger partial charge in [0, 0.05) is 44.7 Å². The number of anilines is 1. The number of ether oxygens (including phenoxy) is 2. The predicted octanol–water partition coefficient (Wildman–Crippen LogP) is 8.06. The monoisotopic (exact) mass is 984 g/mol. The van der Waals surface area contributed by atoms with Gasteiger partial charge in [-0.25, -0.2) is 19.6 Å². The van der Waals surface area contributed by atoms with E-state index in [2.05, 4.69) is 52.2 Å². The lowest BCUT2D eigenvalue weighted by molar-refractivity contribution is -0.192. The summed E-state index contributed by atoms with van der Waals surface area (Å²) in [5, 5.41) is 19.6. The molecule has 1 saturated carbocycles. The van der Waals surface area contributed by atoms with Crippen LogP contribution in [0.25, 0.3) is 11.0 Å². The van der Waals surface area contributed by atoms with Crippen LogP contribution in [0.15, 0.2) is 71.7 Å². The molecule has 1 atom stereocenters. The Morgan fingerprint density at radius 1 is 0.957 bits per heavy atom. The molecule has 4 fully saturated rings. The number of alkyl halides is 3. The van der Waals surface area contributed by atoms with Gasteiger partial charge < -0.3 is 24.4 Å². The molecule has 0 radical (unpaired) electrons. The van der Waals surface area contributed by atoms with Crippen molar-refractivity contribution >= 4 is 46.4 Å². The number of aryl methyl sites for hydroxylation is 1. The summed E-state index contributed by atoms with van der Waals surface area (Å²) in [7, 11) is 3.28. The number of fused-ring (bicyclic) bond motifs is 1. The first-order chi connectivity index (χ1) is 33.3. The summed E-state index contributed by atoms with van der Waals surface area (Å²) in [6.07, 6.45) is 4.38. The van der Waals surface area contributed by atoms with Crippen molar-refractivity contribution in [2.75, 3.05) is 44.7 Å². The smallest absolute Gasteiger partial charge is 0.490 e. The van der Waals surface area contributed by atoms with E-state index >= 15 is 0 Å². The number of likely N-dealkylation sites (tertiary alicyclic amines) is 1. The normalized spacial score (nSPS) is 19.0. The van der Waals surface area contributed by atoms with E-state index in [9.17, 15) is 32.8 Å². The van der Waals surface area contributed by atoms with Gasteiger partial charge in [-0.2, -0.15) is 18.4 Å². The van der Waals surface area contributed by atoms with E-state index in [4.69, 9.17) is 36.0 Å². The van der Waals surface area contributed by atoms with Gasteiger partial charge in [-0.15, -0.1) is 0 Å². The van der Waals surface area contributed by atoms with Gasteiger partial charge in [0.2, 0.25) is 17.8 Å². The quantitative estimate of drug-likeness (QED) is 0.122. The molecule has 2 aromatic heterocycles. The van der Waals surface area contributed by atoms with Gasteiger partial charge in [0.25, 0.3) is 0 Å². The van der Waals surface area contributed by atoms with E-state index in [0.717, 1.165) is 104 Å². The first kappa shape index (κ1) is 50.0. The Labute approximate surface area is 408 Å².